The first-order valence-electron chi connectivity index (χ1n) is 8.76. The lowest BCUT2D eigenvalue weighted by Crippen LogP contribution is -2.51. The zero-order valence-electron chi connectivity index (χ0n) is 15.5. The molecule has 0 aromatic carbocycles. The van der Waals surface area contributed by atoms with Crippen molar-refractivity contribution in [2.75, 3.05) is 32.7 Å². The van der Waals surface area contributed by atoms with E-state index in [4.69, 9.17) is 12.2 Å². The van der Waals surface area contributed by atoms with Crippen molar-refractivity contribution in [1.29, 1.82) is 0 Å². The largest absolute Gasteiger partial charge is 0.350 e. The highest BCUT2D eigenvalue weighted by atomic mass is 32.1. The summed E-state index contributed by atoms with van der Waals surface area (Å²) >= 11 is 7.02. The topological polar surface area (TPSA) is 69.2 Å². The fraction of sp³-hybridized carbons (Fsp3) is 0.588. The van der Waals surface area contributed by atoms with Gasteiger partial charge in [-0.05, 0) is 44.4 Å². The van der Waals surface area contributed by atoms with Crippen LogP contribution in [0.25, 0.3) is 10.7 Å². The van der Waals surface area contributed by atoms with Crippen LogP contribution in [0.4, 0.5) is 0 Å². The predicted molar refractivity (Wildman–Crippen MR) is 107 cm³/mol. The van der Waals surface area contributed by atoms with Crippen molar-refractivity contribution in [1.82, 2.24) is 29.9 Å². The van der Waals surface area contributed by atoms with Crippen molar-refractivity contribution in [3.05, 3.63) is 22.3 Å². The van der Waals surface area contributed by atoms with Gasteiger partial charge in [0.15, 0.2) is 5.82 Å². The smallest absolute Gasteiger partial charge is 0.234 e. The second kappa shape index (κ2) is 7.99. The summed E-state index contributed by atoms with van der Waals surface area (Å²) < 4.78 is 2.48. The molecule has 1 aliphatic heterocycles. The predicted octanol–water partition coefficient (Wildman–Crippen LogP) is 2.16. The number of carbonyl (C=O) groups is 1. The first kappa shape index (κ1) is 19.2. The quantitative estimate of drug-likeness (QED) is 0.761. The number of nitrogens with zero attached hydrogens (tertiary/aromatic N) is 4. The summed E-state index contributed by atoms with van der Waals surface area (Å²) in [6.07, 6.45) is 0. The van der Waals surface area contributed by atoms with Crippen LogP contribution in [0, 0.1) is 4.77 Å². The molecule has 1 fully saturated rings. The van der Waals surface area contributed by atoms with E-state index in [0.29, 0.717) is 18.0 Å². The van der Waals surface area contributed by atoms with Crippen LogP contribution in [0.2, 0.25) is 0 Å². The first-order valence-corrected chi connectivity index (χ1v) is 10.1. The Hall–Kier alpha value is -1.55. The Morgan fingerprint density at radius 1 is 1.31 bits per heavy atom. The number of carbonyl (C=O) groups excluding carboxylic acids is 1. The molecule has 1 amide bonds. The van der Waals surface area contributed by atoms with Crippen molar-refractivity contribution in [2.45, 2.75) is 33.0 Å². The SMILES string of the molecule is CC(C)(C)NC(=O)CN1CCN(Cn2[nH]c(-c3cccs3)nc2=S)CC1. The number of H-pyrrole nitrogens is 1. The van der Waals surface area contributed by atoms with Gasteiger partial charge < -0.3 is 5.32 Å². The van der Waals surface area contributed by atoms with Crippen LogP contribution >= 0.6 is 23.6 Å². The Morgan fingerprint density at radius 3 is 2.62 bits per heavy atom. The molecule has 3 heterocycles. The molecule has 2 aromatic heterocycles. The number of aromatic amines is 1. The molecule has 0 spiro atoms. The van der Waals surface area contributed by atoms with Gasteiger partial charge in [0.2, 0.25) is 10.7 Å². The van der Waals surface area contributed by atoms with Gasteiger partial charge in [0.1, 0.15) is 0 Å². The van der Waals surface area contributed by atoms with Gasteiger partial charge in [-0.25, -0.2) is 4.68 Å². The maximum atomic E-state index is 12.1. The van der Waals surface area contributed by atoms with Gasteiger partial charge in [0.05, 0.1) is 18.1 Å². The first-order chi connectivity index (χ1) is 12.3. The van der Waals surface area contributed by atoms with Gasteiger partial charge >= 0.3 is 0 Å². The van der Waals surface area contributed by atoms with Crippen LogP contribution < -0.4 is 5.32 Å². The number of hydrogen-bond acceptors (Lipinski definition) is 6. The third-order valence-corrected chi connectivity index (χ3v) is 5.31. The molecule has 3 rings (SSSR count). The highest BCUT2D eigenvalue weighted by Crippen LogP contribution is 2.20. The van der Waals surface area contributed by atoms with E-state index in [0.717, 1.165) is 36.9 Å². The lowest BCUT2D eigenvalue weighted by molar-refractivity contribution is -0.124. The minimum Gasteiger partial charge on any atom is -0.350 e. The maximum Gasteiger partial charge on any atom is 0.234 e. The molecular weight excluding hydrogens is 368 g/mol. The molecule has 7 nitrogen and oxygen atoms in total. The summed E-state index contributed by atoms with van der Waals surface area (Å²) in [5.74, 6) is 0.907. The van der Waals surface area contributed by atoms with E-state index in [1.165, 1.54) is 0 Å². The van der Waals surface area contributed by atoms with Gasteiger partial charge in [-0.1, -0.05) is 6.07 Å². The maximum absolute atomic E-state index is 12.1. The van der Waals surface area contributed by atoms with E-state index in [1.54, 1.807) is 11.3 Å². The van der Waals surface area contributed by atoms with Gasteiger partial charge in [0, 0.05) is 31.7 Å². The van der Waals surface area contributed by atoms with Crippen molar-refractivity contribution in [2.24, 2.45) is 0 Å². The Kier molecular flexibility index (Phi) is 5.91. The van der Waals surface area contributed by atoms with Crippen molar-refractivity contribution in [3.63, 3.8) is 0 Å². The number of piperazine rings is 1. The van der Waals surface area contributed by atoms with Crippen LogP contribution in [-0.4, -0.2) is 68.7 Å². The van der Waals surface area contributed by atoms with Crippen molar-refractivity contribution < 1.29 is 4.79 Å². The van der Waals surface area contributed by atoms with Gasteiger partial charge in [-0.2, -0.15) is 4.98 Å². The summed E-state index contributed by atoms with van der Waals surface area (Å²) in [7, 11) is 0. The molecule has 1 aliphatic rings. The van der Waals surface area contributed by atoms with Gasteiger partial charge in [0.25, 0.3) is 0 Å². The third-order valence-electron chi connectivity index (χ3n) is 4.12. The molecule has 0 bridgehead atoms. The Labute approximate surface area is 163 Å². The summed E-state index contributed by atoms with van der Waals surface area (Å²) in [6, 6.07) is 4.04. The zero-order valence-corrected chi connectivity index (χ0v) is 17.1. The fourth-order valence-electron chi connectivity index (χ4n) is 2.93. The van der Waals surface area contributed by atoms with E-state index < -0.39 is 0 Å². The molecule has 26 heavy (non-hydrogen) atoms. The minimum atomic E-state index is -0.184. The highest BCUT2D eigenvalue weighted by Gasteiger charge is 2.21. The Bertz CT molecular complexity index is 781. The molecular formula is C17H26N6OS2. The molecule has 9 heteroatoms. The van der Waals surface area contributed by atoms with Crippen LogP contribution in [0.1, 0.15) is 20.8 Å². The Morgan fingerprint density at radius 2 is 2.00 bits per heavy atom. The summed E-state index contributed by atoms with van der Waals surface area (Å²) in [4.78, 5) is 22.1. The molecule has 0 aliphatic carbocycles. The third kappa shape index (κ3) is 5.23. The summed E-state index contributed by atoms with van der Waals surface area (Å²) in [5, 5.41) is 8.34. The summed E-state index contributed by atoms with van der Waals surface area (Å²) in [5.41, 5.74) is -0.184. The normalized spacial score (nSPS) is 16.7. The lowest BCUT2D eigenvalue weighted by atomic mass is 10.1. The average molecular weight is 395 g/mol. The number of nitrogens with one attached hydrogen (secondary N) is 2. The number of rotatable bonds is 5. The van der Waals surface area contributed by atoms with Crippen LogP contribution in [-0.2, 0) is 11.5 Å². The molecule has 1 saturated heterocycles. The Balaban J connectivity index is 1.50. The molecule has 0 radical (unpaired) electrons. The van der Waals surface area contributed by atoms with E-state index in [1.807, 2.05) is 43.0 Å². The number of thiophene rings is 1. The zero-order chi connectivity index (χ0) is 18.7. The van der Waals surface area contributed by atoms with E-state index in [2.05, 4.69) is 25.2 Å². The minimum absolute atomic E-state index is 0.0855. The summed E-state index contributed by atoms with van der Waals surface area (Å²) in [6.45, 7) is 10.7. The van der Waals surface area contributed by atoms with Crippen molar-refractivity contribution >= 4 is 29.5 Å². The van der Waals surface area contributed by atoms with E-state index in [-0.39, 0.29) is 11.4 Å². The van der Waals surface area contributed by atoms with Gasteiger partial charge in [-0.15, -0.1) is 11.3 Å². The second-order valence-electron chi connectivity index (χ2n) is 7.59. The molecule has 2 N–H and O–H groups in total. The van der Waals surface area contributed by atoms with Crippen LogP contribution in [0.3, 0.4) is 0 Å². The van der Waals surface area contributed by atoms with E-state index in [9.17, 15) is 4.79 Å². The van der Waals surface area contributed by atoms with Gasteiger partial charge in [-0.3, -0.25) is 19.7 Å². The van der Waals surface area contributed by atoms with Crippen molar-refractivity contribution in [3.8, 4) is 10.7 Å². The molecule has 142 valence electrons. The standard InChI is InChI=1S/C17H26N6OS2/c1-17(2,3)19-14(24)11-21-6-8-22(9-7-21)12-23-16(25)18-15(20-23)13-5-4-10-26-13/h4-5,10H,6-9,11-12H2,1-3H3,(H,19,24)(H,18,20,25). The highest BCUT2D eigenvalue weighted by molar-refractivity contribution is 7.71. The molecule has 2 aromatic rings. The molecule has 0 atom stereocenters. The average Bonchev–Trinajstić information content (AvgIpc) is 3.18. The monoisotopic (exact) mass is 394 g/mol. The second-order valence-corrected chi connectivity index (χ2v) is 8.91. The number of hydrogen-bond donors (Lipinski definition) is 2. The van der Waals surface area contributed by atoms with E-state index >= 15 is 0 Å². The molecule has 0 saturated carbocycles. The number of aromatic nitrogens is 3. The number of amides is 1. The fourth-order valence-corrected chi connectivity index (χ4v) is 3.78. The van der Waals surface area contributed by atoms with Crippen LogP contribution in [0.15, 0.2) is 17.5 Å². The van der Waals surface area contributed by atoms with Crippen LogP contribution in [0.5, 0.6) is 0 Å². The molecule has 0 unspecified atom stereocenters. The lowest BCUT2D eigenvalue weighted by Gasteiger charge is -2.34.